The van der Waals surface area contributed by atoms with Crippen molar-refractivity contribution in [2.75, 3.05) is 41.5 Å². The number of methoxy groups -OCH3 is 4. The monoisotopic (exact) mass is 429 g/mol. The number of nitrogens with zero attached hydrogens (tertiary/aromatic N) is 3. The van der Waals surface area contributed by atoms with Crippen LogP contribution in [-0.4, -0.2) is 61.5 Å². The SMILES string of the molecule is COCc1ccc(OC)c(CN2C[C@H]3CC[C@](O)(c4cnc(OC)nc4OC)[C@H]3C2)c1. The van der Waals surface area contributed by atoms with Crippen molar-refractivity contribution in [2.45, 2.75) is 31.6 Å². The largest absolute Gasteiger partial charge is 0.496 e. The van der Waals surface area contributed by atoms with E-state index in [0.29, 0.717) is 30.4 Å². The molecule has 8 heteroatoms. The van der Waals surface area contributed by atoms with Crippen molar-refractivity contribution in [1.29, 1.82) is 0 Å². The zero-order chi connectivity index (χ0) is 22.0. The smallest absolute Gasteiger partial charge is 0.319 e. The van der Waals surface area contributed by atoms with Crippen LogP contribution in [0, 0.1) is 11.8 Å². The second-order valence-corrected chi connectivity index (χ2v) is 8.38. The molecule has 0 radical (unpaired) electrons. The molecule has 2 aliphatic rings. The number of ether oxygens (including phenoxy) is 4. The lowest BCUT2D eigenvalue weighted by atomic mass is 9.83. The number of benzene rings is 1. The van der Waals surface area contributed by atoms with Crippen molar-refractivity contribution in [3.63, 3.8) is 0 Å². The zero-order valence-electron chi connectivity index (χ0n) is 18.6. The van der Waals surface area contributed by atoms with Gasteiger partial charge in [0.05, 0.1) is 33.5 Å². The molecule has 1 saturated heterocycles. The van der Waals surface area contributed by atoms with Crippen molar-refractivity contribution < 1.29 is 24.1 Å². The van der Waals surface area contributed by atoms with Gasteiger partial charge in [0.2, 0.25) is 5.88 Å². The molecule has 4 rings (SSSR count). The van der Waals surface area contributed by atoms with Gasteiger partial charge in [-0.3, -0.25) is 4.90 Å². The minimum atomic E-state index is -1.01. The summed E-state index contributed by atoms with van der Waals surface area (Å²) in [4.78, 5) is 10.9. The highest BCUT2D eigenvalue weighted by atomic mass is 16.5. The van der Waals surface area contributed by atoms with Gasteiger partial charge in [-0.15, -0.1) is 0 Å². The van der Waals surface area contributed by atoms with Gasteiger partial charge in [0, 0.05) is 44.4 Å². The lowest BCUT2D eigenvalue weighted by molar-refractivity contribution is -0.00973. The summed E-state index contributed by atoms with van der Waals surface area (Å²) in [7, 11) is 6.46. The second kappa shape index (κ2) is 8.98. The molecule has 3 atom stereocenters. The molecule has 1 aliphatic carbocycles. The molecule has 0 unspecified atom stereocenters. The molecule has 1 aromatic carbocycles. The van der Waals surface area contributed by atoms with Gasteiger partial charge < -0.3 is 24.1 Å². The lowest BCUT2D eigenvalue weighted by Gasteiger charge is -2.31. The molecule has 2 fully saturated rings. The number of aliphatic hydroxyl groups is 1. The van der Waals surface area contributed by atoms with Crippen molar-refractivity contribution in [1.82, 2.24) is 14.9 Å². The summed E-state index contributed by atoms with van der Waals surface area (Å²) in [5, 5.41) is 11.7. The average Bonchev–Trinajstić information content (AvgIpc) is 3.33. The number of rotatable bonds is 8. The average molecular weight is 430 g/mol. The summed E-state index contributed by atoms with van der Waals surface area (Å²) >= 11 is 0. The van der Waals surface area contributed by atoms with Crippen molar-refractivity contribution in [3.05, 3.63) is 41.1 Å². The molecule has 31 heavy (non-hydrogen) atoms. The molecule has 0 bridgehead atoms. The molecule has 0 spiro atoms. The van der Waals surface area contributed by atoms with E-state index >= 15 is 0 Å². The Morgan fingerprint density at radius 2 is 1.97 bits per heavy atom. The fourth-order valence-corrected chi connectivity index (χ4v) is 5.20. The summed E-state index contributed by atoms with van der Waals surface area (Å²) in [5.41, 5.74) is 1.88. The highest BCUT2D eigenvalue weighted by Gasteiger charge is 2.53. The standard InChI is InChI=1S/C23H31N3O5/c1-28-14-15-5-6-20(29-2)17(9-15)12-26-11-16-7-8-23(27,19(16)13-26)18-10-24-22(31-4)25-21(18)30-3/h5-6,9-10,16,19,27H,7-8,11-14H2,1-4H3/t16-,19+,23+/m1/s1. The number of likely N-dealkylation sites (tertiary alicyclic amines) is 1. The summed E-state index contributed by atoms with van der Waals surface area (Å²) in [5.74, 6) is 1.75. The van der Waals surface area contributed by atoms with Crippen molar-refractivity contribution in [2.24, 2.45) is 11.8 Å². The van der Waals surface area contributed by atoms with Crippen LogP contribution in [-0.2, 0) is 23.5 Å². The summed E-state index contributed by atoms with van der Waals surface area (Å²) < 4.78 is 21.4. The molecule has 2 aromatic rings. The maximum absolute atomic E-state index is 11.7. The van der Waals surface area contributed by atoms with Crippen LogP contribution < -0.4 is 14.2 Å². The molecular formula is C23H31N3O5. The molecule has 0 amide bonds. The third-order valence-electron chi connectivity index (χ3n) is 6.65. The minimum Gasteiger partial charge on any atom is -0.496 e. The van der Waals surface area contributed by atoms with Gasteiger partial charge in [0.15, 0.2) is 0 Å². The molecule has 1 N–H and O–H groups in total. The first-order chi connectivity index (χ1) is 15.0. The highest BCUT2D eigenvalue weighted by molar-refractivity contribution is 5.38. The predicted molar refractivity (Wildman–Crippen MR) is 114 cm³/mol. The third kappa shape index (κ3) is 4.07. The molecule has 1 saturated carbocycles. The van der Waals surface area contributed by atoms with Gasteiger partial charge in [-0.25, -0.2) is 4.98 Å². The van der Waals surface area contributed by atoms with E-state index in [4.69, 9.17) is 18.9 Å². The zero-order valence-corrected chi connectivity index (χ0v) is 18.6. The van der Waals surface area contributed by atoms with Gasteiger partial charge in [0.1, 0.15) is 11.4 Å². The maximum Gasteiger partial charge on any atom is 0.319 e. The highest BCUT2D eigenvalue weighted by Crippen LogP contribution is 2.52. The number of fused-ring (bicyclic) bond motifs is 1. The van der Waals surface area contributed by atoms with E-state index in [9.17, 15) is 5.11 Å². The van der Waals surface area contributed by atoms with Gasteiger partial charge in [-0.2, -0.15) is 4.98 Å². The molecular weight excluding hydrogens is 398 g/mol. The first-order valence-corrected chi connectivity index (χ1v) is 10.6. The number of aromatic nitrogens is 2. The van der Waals surface area contributed by atoms with Crippen LogP contribution in [0.1, 0.15) is 29.5 Å². The number of hydrogen-bond acceptors (Lipinski definition) is 8. The summed E-state index contributed by atoms with van der Waals surface area (Å²) in [6.45, 7) is 3.05. The van der Waals surface area contributed by atoms with Gasteiger partial charge in [-0.05, 0) is 36.5 Å². The Hall–Kier alpha value is -2.42. The van der Waals surface area contributed by atoms with Crippen LogP contribution in [0.25, 0.3) is 0 Å². The van der Waals surface area contributed by atoms with Crippen molar-refractivity contribution >= 4 is 0 Å². The Bertz CT molecular complexity index is 924. The molecule has 1 aromatic heterocycles. The minimum absolute atomic E-state index is 0.0894. The van der Waals surface area contributed by atoms with Crippen LogP contribution in [0.15, 0.2) is 24.4 Å². The van der Waals surface area contributed by atoms with E-state index in [0.717, 1.165) is 42.9 Å². The Morgan fingerprint density at radius 1 is 1.13 bits per heavy atom. The van der Waals surface area contributed by atoms with Gasteiger partial charge in [-0.1, -0.05) is 6.07 Å². The quantitative estimate of drug-likeness (QED) is 0.685. The predicted octanol–water partition coefficient (Wildman–Crippen LogP) is 2.38. The fraction of sp³-hybridized carbons (Fsp3) is 0.565. The summed E-state index contributed by atoms with van der Waals surface area (Å²) in [6.07, 6.45) is 3.27. The van der Waals surface area contributed by atoms with Crippen molar-refractivity contribution in [3.8, 4) is 17.6 Å². The van der Waals surface area contributed by atoms with Crippen LogP contribution >= 0.6 is 0 Å². The molecule has 8 nitrogen and oxygen atoms in total. The molecule has 2 heterocycles. The van der Waals surface area contributed by atoms with E-state index in [1.807, 2.05) is 12.1 Å². The van der Waals surface area contributed by atoms with E-state index < -0.39 is 5.60 Å². The van der Waals surface area contributed by atoms with Crippen LogP contribution in [0.4, 0.5) is 0 Å². The Morgan fingerprint density at radius 3 is 2.68 bits per heavy atom. The Kier molecular flexibility index (Phi) is 6.31. The Balaban J connectivity index is 1.55. The normalized spacial score (nSPS) is 25.5. The third-order valence-corrected chi connectivity index (χ3v) is 6.65. The fourth-order valence-electron chi connectivity index (χ4n) is 5.20. The van der Waals surface area contributed by atoms with Gasteiger partial charge in [0.25, 0.3) is 0 Å². The first-order valence-electron chi connectivity index (χ1n) is 10.6. The lowest BCUT2D eigenvalue weighted by Crippen LogP contribution is -2.35. The van der Waals surface area contributed by atoms with Gasteiger partial charge >= 0.3 is 6.01 Å². The van der Waals surface area contributed by atoms with Crippen LogP contribution in [0.3, 0.4) is 0 Å². The molecule has 1 aliphatic heterocycles. The summed E-state index contributed by atoms with van der Waals surface area (Å²) in [6, 6.07) is 6.40. The second-order valence-electron chi connectivity index (χ2n) is 8.38. The number of hydrogen-bond donors (Lipinski definition) is 1. The first kappa shape index (κ1) is 21.8. The molecule has 168 valence electrons. The van der Waals surface area contributed by atoms with Crippen LogP contribution in [0.5, 0.6) is 17.6 Å². The maximum atomic E-state index is 11.7. The topological polar surface area (TPSA) is 86.2 Å². The Labute approximate surface area is 183 Å². The van der Waals surface area contributed by atoms with E-state index in [-0.39, 0.29) is 11.9 Å². The van der Waals surface area contributed by atoms with Crippen LogP contribution in [0.2, 0.25) is 0 Å². The van der Waals surface area contributed by atoms with E-state index in [1.165, 1.54) is 7.11 Å². The van der Waals surface area contributed by atoms with E-state index in [1.54, 1.807) is 27.5 Å². The van der Waals surface area contributed by atoms with E-state index in [2.05, 4.69) is 20.9 Å².